The number of rotatable bonds is 1. The van der Waals surface area contributed by atoms with E-state index in [1.165, 1.54) is 0 Å². The van der Waals surface area contributed by atoms with Crippen LogP contribution in [0.2, 0.25) is 0 Å². The minimum absolute atomic E-state index is 0.0648. The Morgan fingerprint density at radius 1 is 1.56 bits per heavy atom. The third kappa shape index (κ3) is 0.618. The molecule has 3 nitrogen and oxygen atoms in total. The summed E-state index contributed by atoms with van der Waals surface area (Å²) >= 11 is 0. The standard InChI is InChI=1S/C6H9NO2/c8-2-5-3-1-4(3)6(9)7-5/h2-7,9H,1H2/t3-,4+,5+,6?/m0/s1. The summed E-state index contributed by atoms with van der Waals surface area (Å²) in [6.45, 7) is 0. The van der Waals surface area contributed by atoms with Crippen LogP contribution >= 0.6 is 0 Å². The fourth-order valence-electron chi connectivity index (χ4n) is 1.60. The Morgan fingerprint density at radius 3 is 2.56 bits per heavy atom. The van der Waals surface area contributed by atoms with Gasteiger partial charge in [0.1, 0.15) is 12.5 Å². The highest BCUT2D eigenvalue weighted by molar-refractivity contribution is 5.60. The Morgan fingerprint density at radius 2 is 2.33 bits per heavy atom. The summed E-state index contributed by atoms with van der Waals surface area (Å²) in [7, 11) is 0. The fourth-order valence-corrected chi connectivity index (χ4v) is 1.60. The number of carbonyl (C=O) groups excluding carboxylic acids is 1. The lowest BCUT2D eigenvalue weighted by Gasteiger charge is -2.07. The van der Waals surface area contributed by atoms with Crippen molar-refractivity contribution in [1.29, 1.82) is 0 Å². The van der Waals surface area contributed by atoms with E-state index in [0.717, 1.165) is 12.7 Å². The Balaban J connectivity index is 2.08. The first kappa shape index (κ1) is 5.38. The van der Waals surface area contributed by atoms with Crippen molar-refractivity contribution in [2.75, 3.05) is 0 Å². The van der Waals surface area contributed by atoms with Crippen molar-refractivity contribution in [2.24, 2.45) is 11.8 Å². The molecule has 0 bridgehead atoms. The van der Waals surface area contributed by atoms with Crippen LogP contribution in [0.3, 0.4) is 0 Å². The average molecular weight is 127 g/mol. The highest BCUT2D eigenvalue weighted by Gasteiger charge is 2.53. The van der Waals surface area contributed by atoms with Crippen LogP contribution in [0.5, 0.6) is 0 Å². The van der Waals surface area contributed by atoms with Crippen LogP contribution in [0, 0.1) is 11.8 Å². The van der Waals surface area contributed by atoms with Crippen LogP contribution in [0.15, 0.2) is 0 Å². The maximum Gasteiger partial charge on any atom is 0.137 e. The molecule has 2 rings (SSSR count). The van der Waals surface area contributed by atoms with Crippen molar-refractivity contribution in [2.45, 2.75) is 18.7 Å². The molecule has 50 valence electrons. The second-order valence-electron chi connectivity index (χ2n) is 2.84. The quantitative estimate of drug-likeness (QED) is 0.449. The topological polar surface area (TPSA) is 49.3 Å². The molecule has 4 atom stereocenters. The first-order valence-electron chi connectivity index (χ1n) is 3.22. The first-order chi connectivity index (χ1) is 4.33. The normalized spacial score (nSPS) is 54.8. The van der Waals surface area contributed by atoms with Gasteiger partial charge in [0.2, 0.25) is 0 Å². The van der Waals surface area contributed by atoms with Gasteiger partial charge in [-0.05, 0) is 12.3 Å². The van der Waals surface area contributed by atoms with Crippen LogP contribution in [0.4, 0.5) is 0 Å². The zero-order chi connectivity index (χ0) is 6.43. The highest BCUT2D eigenvalue weighted by atomic mass is 16.3. The van der Waals surface area contributed by atoms with Gasteiger partial charge in [0.05, 0.1) is 6.04 Å². The van der Waals surface area contributed by atoms with Gasteiger partial charge < -0.3 is 9.90 Å². The van der Waals surface area contributed by atoms with Gasteiger partial charge in [-0.15, -0.1) is 0 Å². The van der Waals surface area contributed by atoms with E-state index in [4.69, 9.17) is 5.11 Å². The maximum absolute atomic E-state index is 10.2. The van der Waals surface area contributed by atoms with Crippen molar-refractivity contribution in [3.8, 4) is 0 Å². The van der Waals surface area contributed by atoms with Crippen molar-refractivity contribution in [1.82, 2.24) is 5.32 Å². The van der Waals surface area contributed by atoms with E-state index < -0.39 is 6.23 Å². The molecular formula is C6H9NO2. The third-order valence-corrected chi connectivity index (χ3v) is 2.27. The summed E-state index contributed by atoms with van der Waals surface area (Å²) in [6.07, 6.45) is 1.50. The summed E-state index contributed by atoms with van der Waals surface area (Å²) in [5.74, 6) is 0.817. The van der Waals surface area contributed by atoms with Crippen molar-refractivity contribution in [3.63, 3.8) is 0 Å². The van der Waals surface area contributed by atoms with Gasteiger partial charge in [-0.1, -0.05) is 0 Å². The predicted molar refractivity (Wildman–Crippen MR) is 30.6 cm³/mol. The van der Waals surface area contributed by atoms with E-state index in [2.05, 4.69) is 5.32 Å². The minimum Gasteiger partial charge on any atom is -0.378 e. The molecule has 0 aromatic rings. The molecule has 1 saturated heterocycles. The van der Waals surface area contributed by atoms with Crippen molar-refractivity contribution < 1.29 is 9.90 Å². The van der Waals surface area contributed by atoms with Crippen molar-refractivity contribution >= 4 is 6.29 Å². The average Bonchev–Trinajstić information content (AvgIpc) is 2.56. The highest BCUT2D eigenvalue weighted by Crippen LogP contribution is 2.47. The van der Waals surface area contributed by atoms with Crippen LogP contribution in [-0.4, -0.2) is 23.7 Å². The molecule has 2 aliphatic rings. The van der Waals surface area contributed by atoms with Gasteiger partial charge in [-0.2, -0.15) is 0 Å². The lowest BCUT2D eigenvalue weighted by atomic mass is 10.2. The van der Waals surface area contributed by atoms with Gasteiger partial charge in [0.15, 0.2) is 0 Å². The summed E-state index contributed by atoms with van der Waals surface area (Å²) in [4.78, 5) is 10.2. The van der Waals surface area contributed by atoms with Gasteiger partial charge in [0, 0.05) is 5.92 Å². The van der Waals surface area contributed by atoms with E-state index in [1.54, 1.807) is 0 Å². The third-order valence-electron chi connectivity index (χ3n) is 2.27. The largest absolute Gasteiger partial charge is 0.378 e. The van der Waals surface area contributed by atoms with Gasteiger partial charge >= 0.3 is 0 Å². The number of aliphatic hydroxyl groups is 1. The molecule has 1 aliphatic heterocycles. The van der Waals surface area contributed by atoms with E-state index >= 15 is 0 Å². The maximum atomic E-state index is 10.2. The van der Waals surface area contributed by atoms with Crippen LogP contribution in [0.1, 0.15) is 6.42 Å². The van der Waals surface area contributed by atoms with Gasteiger partial charge in [-0.3, -0.25) is 5.32 Å². The molecule has 0 aromatic carbocycles. The summed E-state index contributed by atoms with van der Waals surface area (Å²) in [6, 6.07) is -0.0648. The molecule has 0 aromatic heterocycles. The molecular weight excluding hydrogens is 118 g/mol. The molecule has 1 heterocycles. The molecule has 3 heteroatoms. The van der Waals surface area contributed by atoms with E-state index in [0.29, 0.717) is 11.8 Å². The SMILES string of the molecule is O=C[C@H]1NC(O)[C@@H]2C[C@H]12. The second-order valence-corrected chi connectivity index (χ2v) is 2.84. The molecule has 1 unspecified atom stereocenters. The Bertz CT molecular complexity index is 148. The molecule has 0 amide bonds. The summed E-state index contributed by atoms with van der Waals surface area (Å²) < 4.78 is 0. The predicted octanol–water partition coefficient (Wildman–Crippen LogP) is -0.888. The number of carbonyl (C=O) groups is 1. The molecule has 1 saturated carbocycles. The second kappa shape index (κ2) is 1.55. The molecule has 9 heavy (non-hydrogen) atoms. The number of fused-ring (bicyclic) bond motifs is 1. The minimum atomic E-state index is -0.412. The number of piperidine rings is 1. The van der Waals surface area contributed by atoms with Gasteiger partial charge in [0.25, 0.3) is 0 Å². The first-order valence-corrected chi connectivity index (χ1v) is 3.22. The molecule has 2 fully saturated rings. The number of hydrogen-bond acceptors (Lipinski definition) is 3. The number of aliphatic hydroxyl groups excluding tert-OH is 1. The fraction of sp³-hybridized carbons (Fsp3) is 0.833. The smallest absolute Gasteiger partial charge is 0.137 e. The molecule has 2 N–H and O–H groups in total. The van der Waals surface area contributed by atoms with E-state index in [-0.39, 0.29) is 6.04 Å². The lowest BCUT2D eigenvalue weighted by Crippen LogP contribution is -2.34. The monoisotopic (exact) mass is 127 g/mol. The Hall–Kier alpha value is -0.410. The number of nitrogens with one attached hydrogen (secondary N) is 1. The Labute approximate surface area is 53.1 Å². The Kier molecular flexibility index (Phi) is 0.926. The molecule has 0 spiro atoms. The van der Waals surface area contributed by atoms with Crippen LogP contribution in [0.25, 0.3) is 0 Å². The summed E-state index contributed by atoms with van der Waals surface area (Å²) in [5.41, 5.74) is 0. The molecule has 0 radical (unpaired) electrons. The van der Waals surface area contributed by atoms with Crippen LogP contribution < -0.4 is 5.32 Å². The van der Waals surface area contributed by atoms with E-state index in [1.807, 2.05) is 0 Å². The lowest BCUT2D eigenvalue weighted by molar-refractivity contribution is -0.110. The van der Waals surface area contributed by atoms with Gasteiger partial charge in [-0.25, -0.2) is 0 Å². The van der Waals surface area contributed by atoms with E-state index in [9.17, 15) is 4.79 Å². The van der Waals surface area contributed by atoms with Crippen LogP contribution in [-0.2, 0) is 4.79 Å². The zero-order valence-corrected chi connectivity index (χ0v) is 4.95. The summed E-state index contributed by atoms with van der Waals surface area (Å²) in [5, 5.41) is 11.9. The number of hydrogen-bond donors (Lipinski definition) is 2. The zero-order valence-electron chi connectivity index (χ0n) is 4.95. The number of aldehydes is 1. The van der Waals surface area contributed by atoms with Crippen molar-refractivity contribution in [3.05, 3.63) is 0 Å². The molecule has 1 aliphatic carbocycles.